The van der Waals surface area contributed by atoms with Crippen LogP contribution in [-0.4, -0.2) is 7.11 Å². The topological polar surface area (TPSA) is 21.3 Å². The standard InChI is InChI=1S/C15H16FNO/c1-18-11-12-5-7-15(8-6-12)17-10-13-3-2-4-14(16)9-13/h2-9,17H,10-11H2,1H3. The summed E-state index contributed by atoms with van der Waals surface area (Å²) in [6, 6.07) is 14.6. The molecule has 0 bridgehead atoms. The first-order chi connectivity index (χ1) is 8.78. The van der Waals surface area contributed by atoms with Crippen molar-refractivity contribution < 1.29 is 9.13 Å². The Hall–Kier alpha value is -1.87. The summed E-state index contributed by atoms with van der Waals surface area (Å²) in [6.07, 6.45) is 0. The number of methoxy groups -OCH3 is 1. The molecule has 0 atom stereocenters. The van der Waals surface area contributed by atoms with Gasteiger partial charge in [-0.1, -0.05) is 24.3 Å². The lowest BCUT2D eigenvalue weighted by atomic mass is 10.2. The first-order valence-electron chi connectivity index (χ1n) is 5.84. The van der Waals surface area contributed by atoms with Gasteiger partial charge in [-0.2, -0.15) is 0 Å². The van der Waals surface area contributed by atoms with Crippen LogP contribution in [0.25, 0.3) is 0 Å². The average Bonchev–Trinajstić information content (AvgIpc) is 2.38. The van der Waals surface area contributed by atoms with E-state index in [1.807, 2.05) is 30.3 Å². The van der Waals surface area contributed by atoms with Crippen LogP contribution in [0.3, 0.4) is 0 Å². The molecule has 0 spiro atoms. The van der Waals surface area contributed by atoms with Crippen LogP contribution in [0.1, 0.15) is 11.1 Å². The number of anilines is 1. The van der Waals surface area contributed by atoms with E-state index in [1.165, 1.54) is 12.1 Å². The van der Waals surface area contributed by atoms with Gasteiger partial charge in [0.2, 0.25) is 0 Å². The summed E-state index contributed by atoms with van der Waals surface area (Å²) in [6.45, 7) is 1.23. The zero-order valence-electron chi connectivity index (χ0n) is 10.3. The van der Waals surface area contributed by atoms with Crippen LogP contribution in [0.2, 0.25) is 0 Å². The Balaban J connectivity index is 1.93. The van der Waals surface area contributed by atoms with Crippen LogP contribution >= 0.6 is 0 Å². The molecule has 18 heavy (non-hydrogen) atoms. The summed E-state index contributed by atoms with van der Waals surface area (Å²) < 4.78 is 18.0. The molecule has 0 heterocycles. The molecular weight excluding hydrogens is 229 g/mol. The molecule has 2 rings (SSSR count). The second-order valence-electron chi connectivity index (χ2n) is 4.11. The molecule has 0 unspecified atom stereocenters. The summed E-state index contributed by atoms with van der Waals surface area (Å²) in [5.74, 6) is -0.204. The highest BCUT2D eigenvalue weighted by atomic mass is 19.1. The maximum Gasteiger partial charge on any atom is 0.123 e. The van der Waals surface area contributed by atoms with Crippen molar-refractivity contribution in [2.75, 3.05) is 12.4 Å². The molecule has 0 saturated heterocycles. The van der Waals surface area contributed by atoms with Crippen molar-refractivity contribution in [3.63, 3.8) is 0 Å². The highest BCUT2D eigenvalue weighted by molar-refractivity contribution is 5.45. The van der Waals surface area contributed by atoms with Gasteiger partial charge in [0.25, 0.3) is 0 Å². The third-order valence-corrected chi connectivity index (χ3v) is 2.65. The molecule has 0 aromatic heterocycles. The summed E-state index contributed by atoms with van der Waals surface area (Å²) in [5.41, 5.74) is 3.07. The van der Waals surface area contributed by atoms with Crippen molar-refractivity contribution in [1.82, 2.24) is 0 Å². The Morgan fingerprint density at radius 3 is 2.50 bits per heavy atom. The van der Waals surface area contributed by atoms with E-state index in [1.54, 1.807) is 13.2 Å². The van der Waals surface area contributed by atoms with Crippen LogP contribution in [0.15, 0.2) is 48.5 Å². The molecule has 3 heteroatoms. The predicted molar refractivity (Wildman–Crippen MR) is 70.9 cm³/mol. The highest BCUT2D eigenvalue weighted by Gasteiger charge is 1.97. The average molecular weight is 245 g/mol. The van der Waals surface area contributed by atoms with Crippen molar-refractivity contribution >= 4 is 5.69 Å². The van der Waals surface area contributed by atoms with Crippen molar-refractivity contribution in [2.24, 2.45) is 0 Å². The van der Waals surface area contributed by atoms with E-state index in [0.29, 0.717) is 13.2 Å². The van der Waals surface area contributed by atoms with Crippen molar-refractivity contribution in [2.45, 2.75) is 13.2 Å². The van der Waals surface area contributed by atoms with E-state index in [0.717, 1.165) is 16.8 Å². The highest BCUT2D eigenvalue weighted by Crippen LogP contribution is 2.12. The van der Waals surface area contributed by atoms with Crippen LogP contribution in [-0.2, 0) is 17.9 Å². The fourth-order valence-electron chi connectivity index (χ4n) is 1.74. The summed E-state index contributed by atoms with van der Waals surface area (Å²) in [5, 5.41) is 3.25. The van der Waals surface area contributed by atoms with Crippen LogP contribution in [0.4, 0.5) is 10.1 Å². The van der Waals surface area contributed by atoms with E-state index in [9.17, 15) is 4.39 Å². The molecular formula is C15H16FNO. The molecule has 0 radical (unpaired) electrons. The molecule has 0 saturated carbocycles. The van der Waals surface area contributed by atoms with Crippen LogP contribution < -0.4 is 5.32 Å². The van der Waals surface area contributed by atoms with Gasteiger partial charge < -0.3 is 10.1 Å². The number of nitrogens with one attached hydrogen (secondary N) is 1. The minimum absolute atomic E-state index is 0.204. The molecule has 0 aliphatic carbocycles. The minimum Gasteiger partial charge on any atom is -0.381 e. The quantitative estimate of drug-likeness (QED) is 0.869. The molecule has 2 nitrogen and oxygen atoms in total. The zero-order valence-corrected chi connectivity index (χ0v) is 10.3. The Morgan fingerprint density at radius 2 is 1.83 bits per heavy atom. The Kier molecular flexibility index (Phi) is 4.31. The second kappa shape index (κ2) is 6.17. The Morgan fingerprint density at radius 1 is 1.06 bits per heavy atom. The number of halogens is 1. The molecule has 1 N–H and O–H groups in total. The third kappa shape index (κ3) is 3.57. The van der Waals surface area contributed by atoms with Gasteiger partial charge in [0.1, 0.15) is 5.82 Å². The first kappa shape index (κ1) is 12.6. The maximum absolute atomic E-state index is 13.0. The monoisotopic (exact) mass is 245 g/mol. The fraction of sp³-hybridized carbons (Fsp3) is 0.200. The molecule has 94 valence electrons. The van der Waals surface area contributed by atoms with Crippen LogP contribution in [0.5, 0.6) is 0 Å². The van der Waals surface area contributed by atoms with Crippen molar-refractivity contribution in [3.8, 4) is 0 Å². The van der Waals surface area contributed by atoms with Gasteiger partial charge in [0, 0.05) is 19.3 Å². The lowest BCUT2D eigenvalue weighted by Gasteiger charge is -2.07. The van der Waals surface area contributed by atoms with E-state index >= 15 is 0 Å². The van der Waals surface area contributed by atoms with E-state index in [-0.39, 0.29) is 5.82 Å². The van der Waals surface area contributed by atoms with Gasteiger partial charge >= 0.3 is 0 Å². The molecule has 2 aromatic rings. The second-order valence-corrected chi connectivity index (χ2v) is 4.11. The number of rotatable bonds is 5. The van der Waals surface area contributed by atoms with Crippen LogP contribution in [0, 0.1) is 5.82 Å². The third-order valence-electron chi connectivity index (χ3n) is 2.65. The van der Waals surface area contributed by atoms with Crippen molar-refractivity contribution in [1.29, 1.82) is 0 Å². The molecule has 0 amide bonds. The van der Waals surface area contributed by atoms with Gasteiger partial charge in [0.05, 0.1) is 6.61 Å². The van der Waals surface area contributed by atoms with E-state index < -0.39 is 0 Å². The number of ether oxygens (including phenoxy) is 1. The molecule has 0 aliphatic rings. The molecule has 0 aliphatic heterocycles. The first-order valence-corrected chi connectivity index (χ1v) is 5.84. The normalized spacial score (nSPS) is 10.3. The molecule has 2 aromatic carbocycles. The predicted octanol–water partition coefficient (Wildman–Crippen LogP) is 3.58. The van der Waals surface area contributed by atoms with Crippen molar-refractivity contribution in [3.05, 3.63) is 65.5 Å². The van der Waals surface area contributed by atoms with Gasteiger partial charge in [0.15, 0.2) is 0 Å². The largest absolute Gasteiger partial charge is 0.381 e. The Bertz CT molecular complexity index is 496. The summed E-state index contributed by atoms with van der Waals surface area (Å²) in [7, 11) is 1.68. The number of hydrogen-bond donors (Lipinski definition) is 1. The van der Waals surface area contributed by atoms with Gasteiger partial charge in [-0.25, -0.2) is 4.39 Å². The maximum atomic E-state index is 13.0. The molecule has 0 fully saturated rings. The van der Waals surface area contributed by atoms with Gasteiger partial charge in [-0.05, 0) is 35.4 Å². The lowest BCUT2D eigenvalue weighted by Crippen LogP contribution is -1.99. The van der Waals surface area contributed by atoms with Gasteiger partial charge in [-0.15, -0.1) is 0 Å². The van der Waals surface area contributed by atoms with E-state index in [4.69, 9.17) is 4.74 Å². The van der Waals surface area contributed by atoms with Gasteiger partial charge in [-0.3, -0.25) is 0 Å². The Labute approximate surface area is 106 Å². The number of benzene rings is 2. The SMILES string of the molecule is COCc1ccc(NCc2cccc(F)c2)cc1. The fourth-order valence-corrected chi connectivity index (χ4v) is 1.74. The zero-order chi connectivity index (χ0) is 12.8. The summed E-state index contributed by atoms with van der Waals surface area (Å²) in [4.78, 5) is 0. The lowest BCUT2D eigenvalue weighted by molar-refractivity contribution is 0.185. The van der Waals surface area contributed by atoms with E-state index in [2.05, 4.69) is 5.32 Å². The summed E-state index contributed by atoms with van der Waals surface area (Å²) >= 11 is 0. The number of hydrogen-bond acceptors (Lipinski definition) is 2. The minimum atomic E-state index is -0.204. The smallest absolute Gasteiger partial charge is 0.123 e.